The van der Waals surface area contributed by atoms with Crippen LogP contribution in [0.2, 0.25) is 10.0 Å². The first kappa shape index (κ1) is 37.9. The zero-order chi connectivity index (χ0) is 36.7. The highest BCUT2D eigenvalue weighted by Gasteiger charge is 2.35. The minimum atomic E-state index is -4.40. The number of halogens is 5. The number of ether oxygens (including phenoxy) is 3. The average Bonchev–Trinajstić information content (AvgIpc) is 3.62. The molecule has 0 atom stereocenters. The number of nitrogens with one attached hydrogen (secondary N) is 2. The molecule has 8 nitrogen and oxygen atoms in total. The normalized spacial score (nSPS) is 13.5. The van der Waals surface area contributed by atoms with Gasteiger partial charge in [0.05, 0.1) is 42.7 Å². The fourth-order valence-corrected chi connectivity index (χ4v) is 6.96. The number of carbonyl (C=O) groups is 2. The molecule has 0 aliphatic heterocycles. The van der Waals surface area contributed by atoms with E-state index in [0.717, 1.165) is 59.6 Å². The molecule has 0 bridgehead atoms. The lowest BCUT2D eigenvalue weighted by Gasteiger charge is -2.25. The number of rotatable bonds is 10. The fraction of sp³-hybridized carbons (Fsp3) is 0.368. The van der Waals surface area contributed by atoms with Crippen molar-refractivity contribution in [2.24, 2.45) is 0 Å². The Bertz CT molecular complexity index is 2000. The highest BCUT2D eigenvalue weighted by molar-refractivity contribution is 6.37. The summed E-state index contributed by atoms with van der Waals surface area (Å²) in [7, 11) is 2.69. The van der Waals surface area contributed by atoms with E-state index in [0.29, 0.717) is 45.5 Å². The molecule has 3 N–H and O–H groups in total. The number of phenols is 1. The van der Waals surface area contributed by atoms with Gasteiger partial charge in [0.1, 0.15) is 18.1 Å². The number of benzene rings is 3. The number of alkyl halides is 3. The van der Waals surface area contributed by atoms with Crippen LogP contribution in [0.15, 0.2) is 54.6 Å². The summed E-state index contributed by atoms with van der Waals surface area (Å²) in [6.45, 7) is 0.0107. The number of hydrogen-bond donors (Lipinski definition) is 3. The monoisotopic (exact) mass is 746 g/mol. The van der Waals surface area contributed by atoms with Gasteiger partial charge in [-0.15, -0.1) is 0 Å². The first-order chi connectivity index (χ1) is 24.4. The summed E-state index contributed by atoms with van der Waals surface area (Å²) in [5.74, 6) is 0.0247. The third-order valence-corrected chi connectivity index (χ3v) is 9.92. The van der Waals surface area contributed by atoms with Crippen LogP contribution in [0.4, 0.5) is 13.2 Å². The summed E-state index contributed by atoms with van der Waals surface area (Å²) in [5.41, 5.74) is 3.42. The van der Waals surface area contributed by atoms with Crippen LogP contribution in [-0.2, 0) is 44.7 Å². The number of aromatic hydroxyl groups is 1. The van der Waals surface area contributed by atoms with Crippen molar-refractivity contribution in [3.63, 3.8) is 0 Å². The van der Waals surface area contributed by atoms with Gasteiger partial charge in [-0.2, -0.15) is 13.2 Å². The molecule has 0 radical (unpaired) electrons. The summed E-state index contributed by atoms with van der Waals surface area (Å²) < 4.78 is 56.5. The van der Waals surface area contributed by atoms with Gasteiger partial charge in [0, 0.05) is 33.2 Å². The maximum Gasteiger partial charge on any atom is 0.416 e. The molecule has 51 heavy (non-hydrogen) atoms. The van der Waals surface area contributed by atoms with E-state index in [1.807, 2.05) is 0 Å². The zero-order valence-corrected chi connectivity index (χ0v) is 29.7. The minimum absolute atomic E-state index is 0.0107. The average molecular weight is 748 g/mol. The quantitative estimate of drug-likeness (QED) is 0.123. The number of aryl methyl sites for hydroxylation is 2. The predicted molar refractivity (Wildman–Crippen MR) is 191 cm³/mol. The van der Waals surface area contributed by atoms with E-state index in [1.165, 1.54) is 20.3 Å². The summed E-state index contributed by atoms with van der Waals surface area (Å²) in [6.07, 6.45) is 1.61. The van der Waals surface area contributed by atoms with Crippen molar-refractivity contribution in [3.8, 4) is 11.5 Å². The third kappa shape index (κ3) is 9.51. The van der Waals surface area contributed by atoms with Crippen LogP contribution >= 0.6 is 23.2 Å². The Balaban J connectivity index is 0.000000248. The molecule has 6 rings (SSSR count). The molecule has 2 heterocycles. The maximum atomic E-state index is 13.8. The number of aromatic nitrogens is 2. The van der Waals surface area contributed by atoms with Gasteiger partial charge in [-0.1, -0.05) is 54.6 Å². The molecule has 1 aliphatic rings. The largest absolute Gasteiger partial charge is 0.508 e. The topological polar surface area (TPSA) is 114 Å². The summed E-state index contributed by atoms with van der Waals surface area (Å²) >= 11 is 12.6. The number of aromatic amines is 2. The highest BCUT2D eigenvalue weighted by atomic mass is 35.5. The molecule has 1 saturated carbocycles. The van der Waals surface area contributed by atoms with E-state index >= 15 is 0 Å². The molecule has 5 aromatic rings. The van der Waals surface area contributed by atoms with Gasteiger partial charge < -0.3 is 29.3 Å². The van der Waals surface area contributed by atoms with Crippen molar-refractivity contribution in [1.29, 1.82) is 0 Å². The van der Waals surface area contributed by atoms with Crippen molar-refractivity contribution in [3.05, 3.63) is 92.7 Å². The molecule has 0 spiro atoms. The summed E-state index contributed by atoms with van der Waals surface area (Å²) in [4.78, 5) is 28.8. The zero-order valence-electron chi connectivity index (χ0n) is 28.2. The van der Waals surface area contributed by atoms with Gasteiger partial charge in [-0.05, 0) is 85.2 Å². The highest BCUT2D eigenvalue weighted by Crippen LogP contribution is 2.41. The van der Waals surface area contributed by atoms with E-state index < -0.39 is 11.7 Å². The number of carbonyl (C=O) groups excluding carboxylic acids is 2. The number of esters is 2. The van der Waals surface area contributed by atoms with E-state index in [1.54, 1.807) is 48.5 Å². The number of phenolic OH excluding ortho intramolecular Hbond substituents is 1. The Morgan fingerprint density at radius 2 is 1.37 bits per heavy atom. The molecule has 2 aromatic heterocycles. The third-order valence-electron chi connectivity index (χ3n) is 9.06. The number of hydrogen-bond acceptors (Lipinski definition) is 6. The van der Waals surface area contributed by atoms with Crippen LogP contribution < -0.4 is 4.74 Å². The van der Waals surface area contributed by atoms with Gasteiger partial charge in [0.25, 0.3) is 0 Å². The number of fused-ring (bicyclic) bond motifs is 2. The Hall–Kier alpha value is -4.35. The molecular weight excluding hydrogens is 708 g/mol. The van der Waals surface area contributed by atoms with Crippen LogP contribution in [0.1, 0.15) is 78.9 Å². The molecule has 3 aromatic carbocycles. The second-order valence-corrected chi connectivity index (χ2v) is 13.2. The van der Waals surface area contributed by atoms with Crippen LogP contribution in [0.5, 0.6) is 11.5 Å². The van der Waals surface area contributed by atoms with Gasteiger partial charge in [0.2, 0.25) is 0 Å². The van der Waals surface area contributed by atoms with Crippen molar-refractivity contribution in [1.82, 2.24) is 9.97 Å². The lowest BCUT2D eigenvalue weighted by molar-refractivity contribution is -0.141. The second kappa shape index (κ2) is 16.8. The first-order valence-electron chi connectivity index (χ1n) is 16.6. The molecule has 272 valence electrons. The van der Waals surface area contributed by atoms with Gasteiger partial charge in [0.15, 0.2) is 0 Å². The van der Waals surface area contributed by atoms with Crippen molar-refractivity contribution in [2.45, 2.75) is 76.5 Å². The molecule has 13 heteroatoms. The van der Waals surface area contributed by atoms with Crippen LogP contribution in [0.25, 0.3) is 21.8 Å². The number of H-pyrrole nitrogens is 2. The molecular formula is C38H39Cl2F3N2O6. The van der Waals surface area contributed by atoms with Crippen molar-refractivity contribution in [2.75, 3.05) is 14.2 Å². The van der Waals surface area contributed by atoms with Crippen LogP contribution in [0, 0.1) is 0 Å². The molecule has 1 aliphatic carbocycles. The maximum absolute atomic E-state index is 13.8. The van der Waals surface area contributed by atoms with E-state index in [-0.39, 0.29) is 43.1 Å². The Morgan fingerprint density at radius 1 is 0.804 bits per heavy atom. The second-order valence-electron chi connectivity index (χ2n) is 12.5. The van der Waals surface area contributed by atoms with Crippen molar-refractivity contribution < 1.29 is 42.1 Å². The molecule has 0 unspecified atom stereocenters. The lowest BCUT2D eigenvalue weighted by Crippen LogP contribution is -2.15. The Labute approximate surface area is 303 Å². The Morgan fingerprint density at radius 3 is 1.94 bits per heavy atom. The fourth-order valence-electron chi connectivity index (χ4n) is 6.36. The van der Waals surface area contributed by atoms with Gasteiger partial charge in [-0.3, -0.25) is 9.59 Å². The molecule has 1 fully saturated rings. The van der Waals surface area contributed by atoms with Crippen LogP contribution in [0.3, 0.4) is 0 Å². The van der Waals surface area contributed by atoms with E-state index in [4.69, 9.17) is 27.9 Å². The van der Waals surface area contributed by atoms with Gasteiger partial charge >= 0.3 is 18.1 Å². The standard InChI is InChI=1S/C26H27ClF3NO3.C12H12ClNO3/c1-33-24(32)12-11-23-25(27)20-14-18(8-10-22(20)31-23)34-15-16-7-9-19(17-5-3-2-4-6-17)21(13-16)26(28,29)30;1-17-11(16)5-4-10-12(13)8-6-7(15)2-3-9(8)14-10/h7-10,13-14,17,31H,2-6,11-12,15H2,1H3;2-3,6,14-15H,4-5H2,1H3. The smallest absolute Gasteiger partial charge is 0.416 e. The van der Waals surface area contributed by atoms with Gasteiger partial charge in [-0.25, -0.2) is 0 Å². The van der Waals surface area contributed by atoms with E-state index in [2.05, 4.69) is 19.4 Å². The SMILES string of the molecule is COC(=O)CCc1[nH]c2ccc(O)cc2c1Cl.COC(=O)CCc1[nH]c2ccc(OCc3ccc(C4CCCCC4)c(C(F)(F)F)c3)cc2c1Cl. The Kier molecular flexibility index (Phi) is 12.5. The minimum Gasteiger partial charge on any atom is -0.508 e. The van der Waals surface area contributed by atoms with Crippen molar-refractivity contribution >= 4 is 56.9 Å². The lowest BCUT2D eigenvalue weighted by atomic mass is 9.81. The van der Waals surface area contributed by atoms with Crippen LogP contribution in [-0.4, -0.2) is 41.2 Å². The summed E-state index contributed by atoms with van der Waals surface area (Å²) in [6, 6.07) is 14.8. The molecule has 0 amide bonds. The first-order valence-corrected chi connectivity index (χ1v) is 17.4. The molecule has 0 saturated heterocycles. The predicted octanol–water partition coefficient (Wildman–Crippen LogP) is 10.2. The number of methoxy groups -OCH3 is 2. The summed E-state index contributed by atoms with van der Waals surface area (Å²) in [5, 5.41) is 11.9. The van der Waals surface area contributed by atoms with E-state index in [9.17, 15) is 27.9 Å².